The molecule has 5 heteroatoms. The van der Waals surface area contributed by atoms with Gasteiger partial charge in [-0.15, -0.1) is 0 Å². The minimum atomic E-state index is -0.233. The Morgan fingerprint density at radius 3 is 2.83 bits per heavy atom. The second-order valence-electron chi connectivity index (χ2n) is 7.03. The van der Waals surface area contributed by atoms with Crippen molar-refractivity contribution in [3.63, 3.8) is 0 Å². The molecule has 0 aromatic heterocycles. The van der Waals surface area contributed by atoms with Crippen LogP contribution in [0.3, 0.4) is 0 Å². The van der Waals surface area contributed by atoms with Gasteiger partial charge in [-0.25, -0.2) is 0 Å². The third-order valence-corrected chi connectivity index (χ3v) is 5.09. The van der Waals surface area contributed by atoms with E-state index in [1.807, 2.05) is 31.2 Å². The average molecular weight is 329 g/mol. The number of aryl methyl sites for hydroxylation is 1. The van der Waals surface area contributed by atoms with Gasteiger partial charge in [0.2, 0.25) is 11.8 Å². The third-order valence-electron chi connectivity index (χ3n) is 5.09. The molecular weight excluding hydrogens is 302 g/mol. The van der Waals surface area contributed by atoms with E-state index in [9.17, 15) is 9.59 Å². The summed E-state index contributed by atoms with van der Waals surface area (Å²) in [6, 6.07) is 7.88. The van der Waals surface area contributed by atoms with E-state index in [-0.39, 0.29) is 17.7 Å². The molecule has 5 nitrogen and oxygen atoms in total. The number of hydrogen-bond acceptors (Lipinski definition) is 3. The van der Waals surface area contributed by atoms with Gasteiger partial charge in [0, 0.05) is 25.2 Å². The fraction of sp³-hybridized carbons (Fsp3) is 0.579. The maximum Gasteiger partial charge on any atom is 0.227 e. The number of carbonyl (C=O) groups is 2. The summed E-state index contributed by atoms with van der Waals surface area (Å²) in [5.74, 6) is 0.480. The lowest BCUT2D eigenvalue weighted by Crippen LogP contribution is -2.36. The van der Waals surface area contributed by atoms with Crippen molar-refractivity contribution in [3.05, 3.63) is 29.8 Å². The molecule has 2 aliphatic rings. The van der Waals surface area contributed by atoms with E-state index in [4.69, 9.17) is 0 Å². The van der Waals surface area contributed by atoms with Gasteiger partial charge in [0.15, 0.2) is 0 Å². The summed E-state index contributed by atoms with van der Waals surface area (Å²) >= 11 is 0. The van der Waals surface area contributed by atoms with Gasteiger partial charge in [0.1, 0.15) is 0 Å². The number of benzene rings is 1. The normalized spacial score (nSPS) is 24.2. The number of piperidine rings is 1. The van der Waals surface area contributed by atoms with Crippen LogP contribution in [0.5, 0.6) is 0 Å². The Morgan fingerprint density at radius 1 is 1.33 bits per heavy atom. The fourth-order valence-corrected chi connectivity index (χ4v) is 3.57. The highest BCUT2D eigenvalue weighted by molar-refractivity contribution is 6.00. The van der Waals surface area contributed by atoms with Gasteiger partial charge in [-0.3, -0.25) is 9.59 Å². The number of rotatable bonds is 5. The first kappa shape index (κ1) is 17.0. The molecule has 24 heavy (non-hydrogen) atoms. The Balaban J connectivity index is 1.47. The van der Waals surface area contributed by atoms with Crippen molar-refractivity contribution in [1.82, 2.24) is 10.6 Å². The van der Waals surface area contributed by atoms with Crippen LogP contribution in [0.15, 0.2) is 24.3 Å². The molecule has 2 atom stereocenters. The largest absolute Gasteiger partial charge is 0.356 e. The number of nitrogens with one attached hydrogen (secondary N) is 2. The van der Waals surface area contributed by atoms with E-state index in [0.717, 1.165) is 30.8 Å². The average Bonchev–Trinajstić information content (AvgIpc) is 2.98. The van der Waals surface area contributed by atoms with Crippen LogP contribution in [0.4, 0.5) is 5.69 Å². The number of amides is 2. The van der Waals surface area contributed by atoms with E-state index in [0.29, 0.717) is 25.4 Å². The summed E-state index contributed by atoms with van der Waals surface area (Å²) in [4.78, 5) is 26.3. The molecule has 0 spiro atoms. The lowest BCUT2D eigenvalue weighted by Gasteiger charge is -2.23. The van der Waals surface area contributed by atoms with E-state index in [1.165, 1.54) is 12.8 Å². The molecule has 3 rings (SSSR count). The van der Waals surface area contributed by atoms with Crippen LogP contribution in [0.2, 0.25) is 0 Å². The molecule has 2 unspecified atom stereocenters. The molecule has 0 saturated carbocycles. The maximum atomic E-state index is 12.4. The molecule has 2 fully saturated rings. The molecule has 2 aliphatic heterocycles. The first-order valence-electron chi connectivity index (χ1n) is 8.99. The molecule has 130 valence electrons. The second kappa shape index (κ2) is 7.79. The predicted octanol–water partition coefficient (Wildman–Crippen LogP) is 1.85. The number of nitrogens with zero attached hydrogens (tertiary/aromatic N) is 1. The number of hydrogen-bond donors (Lipinski definition) is 2. The van der Waals surface area contributed by atoms with Crippen molar-refractivity contribution in [3.8, 4) is 0 Å². The zero-order chi connectivity index (χ0) is 16.9. The van der Waals surface area contributed by atoms with Crippen LogP contribution < -0.4 is 15.5 Å². The van der Waals surface area contributed by atoms with Gasteiger partial charge >= 0.3 is 0 Å². The highest BCUT2D eigenvalue weighted by Gasteiger charge is 2.34. The summed E-state index contributed by atoms with van der Waals surface area (Å²) in [5.41, 5.74) is 2.05. The molecule has 1 aromatic rings. The van der Waals surface area contributed by atoms with Crippen molar-refractivity contribution in [2.45, 2.75) is 32.6 Å². The lowest BCUT2D eigenvalue weighted by molar-refractivity contribution is -0.126. The molecule has 2 amide bonds. The molecule has 2 saturated heterocycles. The molecule has 0 aliphatic carbocycles. The molecule has 2 heterocycles. The van der Waals surface area contributed by atoms with Gasteiger partial charge in [-0.2, -0.15) is 0 Å². The number of anilines is 1. The zero-order valence-corrected chi connectivity index (χ0v) is 14.4. The summed E-state index contributed by atoms with van der Waals surface area (Å²) in [7, 11) is 0. The van der Waals surface area contributed by atoms with Gasteiger partial charge in [-0.05, 0) is 57.3 Å². The molecule has 1 aromatic carbocycles. The maximum absolute atomic E-state index is 12.4. The third kappa shape index (κ3) is 4.15. The molecular formula is C19H27N3O2. The predicted molar refractivity (Wildman–Crippen MR) is 94.9 cm³/mol. The van der Waals surface area contributed by atoms with Gasteiger partial charge < -0.3 is 15.5 Å². The Labute approximate surface area is 143 Å². The fourth-order valence-electron chi connectivity index (χ4n) is 3.57. The van der Waals surface area contributed by atoms with Crippen LogP contribution in [0.25, 0.3) is 0 Å². The Bertz CT molecular complexity index is 579. The van der Waals surface area contributed by atoms with Crippen LogP contribution in [-0.4, -0.2) is 38.0 Å². The topological polar surface area (TPSA) is 61.4 Å². The minimum absolute atomic E-state index is 0.0155. The minimum Gasteiger partial charge on any atom is -0.356 e. The summed E-state index contributed by atoms with van der Waals surface area (Å²) in [6.07, 6.45) is 3.79. The van der Waals surface area contributed by atoms with Crippen molar-refractivity contribution in [1.29, 1.82) is 0 Å². The first-order valence-corrected chi connectivity index (χ1v) is 8.99. The van der Waals surface area contributed by atoms with Crippen LogP contribution in [0, 0.1) is 18.8 Å². The van der Waals surface area contributed by atoms with Crippen LogP contribution in [-0.2, 0) is 9.59 Å². The Kier molecular flexibility index (Phi) is 5.51. The second-order valence-corrected chi connectivity index (χ2v) is 7.03. The molecule has 2 N–H and O–H groups in total. The van der Waals surface area contributed by atoms with E-state index in [1.54, 1.807) is 4.90 Å². The van der Waals surface area contributed by atoms with Crippen LogP contribution in [0.1, 0.15) is 31.2 Å². The van der Waals surface area contributed by atoms with Crippen molar-refractivity contribution in [2.24, 2.45) is 11.8 Å². The summed E-state index contributed by atoms with van der Waals surface area (Å²) in [6.45, 7) is 5.38. The highest BCUT2D eigenvalue weighted by Crippen LogP contribution is 2.25. The van der Waals surface area contributed by atoms with Crippen molar-refractivity contribution < 1.29 is 9.59 Å². The van der Waals surface area contributed by atoms with Gasteiger partial charge in [0.05, 0.1) is 5.92 Å². The van der Waals surface area contributed by atoms with Crippen molar-refractivity contribution >= 4 is 17.5 Å². The summed E-state index contributed by atoms with van der Waals surface area (Å²) < 4.78 is 0. The van der Waals surface area contributed by atoms with E-state index < -0.39 is 0 Å². The van der Waals surface area contributed by atoms with E-state index in [2.05, 4.69) is 10.6 Å². The molecule has 0 bridgehead atoms. The first-order chi connectivity index (χ1) is 11.6. The van der Waals surface area contributed by atoms with Gasteiger partial charge in [-0.1, -0.05) is 17.7 Å². The van der Waals surface area contributed by atoms with Gasteiger partial charge in [0.25, 0.3) is 0 Å². The Morgan fingerprint density at radius 2 is 2.12 bits per heavy atom. The quantitative estimate of drug-likeness (QED) is 0.867. The van der Waals surface area contributed by atoms with Crippen LogP contribution >= 0.6 is 0 Å². The monoisotopic (exact) mass is 329 g/mol. The lowest BCUT2D eigenvalue weighted by atomic mass is 9.96. The zero-order valence-electron chi connectivity index (χ0n) is 14.4. The SMILES string of the molecule is Cc1ccc(N2CC(C(=O)NCCC3CCCNC3)CC2=O)cc1. The van der Waals surface area contributed by atoms with E-state index >= 15 is 0 Å². The smallest absolute Gasteiger partial charge is 0.227 e. The highest BCUT2D eigenvalue weighted by atomic mass is 16.2. The summed E-state index contributed by atoms with van der Waals surface area (Å²) in [5, 5.41) is 6.43. The molecule has 0 radical (unpaired) electrons. The standard InChI is InChI=1S/C19H27N3O2/c1-14-4-6-17(7-5-14)22-13-16(11-18(22)23)19(24)21-10-8-15-3-2-9-20-12-15/h4-7,15-16,20H,2-3,8-13H2,1H3,(H,21,24). The van der Waals surface area contributed by atoms with Crippen molar-refractivity contribution in [2.75, 3.05) is 31.1 Å². The number of carbonyl (C=O) groups excluding carboxylic acids is 2. The Hall–Kier alpha value is -1.88.